The molecule has 0 atom stereocenters. The minimum Gasteiger partial charge on any atom is -0.362 e. The van der Waals surface area contributed by atoms with E-state index in [1.165, 1.54) is 0 Å². The van der Waals surface area contributed by atoms with Gasteiger partial charge in [0.25, 0.3) is 0 Å². The van der Waals surface area contributed by atoms with E-state index in [1.807, 2.05) is 13.0 Å². The van der Waals surface area contributed by atoms with Gasteiger partial charge in [-0.05, 0) is 52.6 Å². The molecule has 88 valence electrons. The van der Waals surface area contributed by atoms with Crippen LogP contribution < -0.4 is 10.6 Å². The smallest absolute Gasteiger partial charge is 0.171 e. The second kappa shape index (κ2) is 6.15. The summed E-state index contributed by atoms with van der Waals surface area (Å²) in [5, 5.41) is 6.84. The number of hydrogen-bond acceptors (Lipinski definition) is 2. The summed E-state index contributed by atoms with van der Waals surface area (Å²) in [4.78, 5) is 4.26. The van der Waals surface area contributed by atoms with Gasteiger partial charge in [0.05, 0.1) is 0 Å². The molecule has 0 saturated heterocycles. The average molecular weight is 302 g/mol. The first-order chi connectivity index (χ1) is 7.49. The van der Waals surface area contributed by atoms with Crippen LogP contribution in [0.1, 0.15) is 19.4 Å². The maximum atomic E-state index is 5.17. The molecule has 0 bridgehead atoms. The Bertz CT molecular complexity index is 379. The summed E-state index contributed by atoms with van der Waals surface area (Å²) < 4.78 is 0.969. The van der Waals surface area contributed by atoms with Crippen LogP contribution in [0.5, 0.6) is 0 Å². The largest absolute Gasteiger partial charge is 0.362 e. The number of aryl methyl sites for hydroxylation is 1. The molecule has 0 amide bonds. The van der Waals surface area contributed by atoms with E-state index in [0.29, 0.717) is 11.0 Å². The quantitative estimate of drug-likeness (QED) is 0.841. The highest BCUT2D eigenvalue weighted by atomic mass is 79.9. The van der Waals surface area contributed by atoms with Crippen LogP contribution in [0.4, 0.5) is 5.82 Å². The lowest BCUT2D eigenvalue weighted by molar-refractivity contribution is 0.627. The van der Waals surface area contributed by atoms with E-state index in [9.17, 15) is 0 Å². The van der Waals surface area contributed by atoms with Gasteiger partial charge in [0.15, 0.2) is 5.11 Å². The predicted octanol–water partition coefficient (Wildman–Crippen LogP) is 3.09. The van der Waals surface area contributed by atoms with Crippen molar-refractivity contribution in [2.75, 3.05) is 11.9 Å². The maximum Gasteiger partial charge on any atom is 0.171 e. The zero-order chi connectivity index (χ0) is 12.1. The molecule has 0 aromatic carbocycles. The highest BCUT2D eigenvalue weighted by Gasteiger charge is 2.03. The fourth-order valence-electron chi connectivity index (χ4n) is 1.12. The van der Waals surface area contributed by atoms with E-state index >= 15 is 0 Å². The van der Waals surface area contributed by atoms with Crippen LogP contribution in [-0.2, 0) is 0 Å². The van der Waals surface area contributed by atoms with Crippen LogP contribution in [0.25, 0.3) is 0 Å². The summed E-state index contributed by atoms with van der Waals surface area (Å²) in [5.41, 5.74) is 1.06. The molecule has 0 aliphatic heterocycles. The summed E-state index contributed by atoms with van der Waals surface area (Å²) in [6.45, 7) is 7.13. The average Bonchev–Trinajstić information content (AvgIpc) is 2.19. The van der Waals surface area contributed by atoms with Crippen LogP contribution in [-0.4, -0.2) is 16.6 Å². The lowest BCUT2D eigenvalue weighted by Gasteiger charge is -2.13. The highest BCUT2D eigenvalue weighted by Crippen LogP contribution is 2.16. The monoisotopic (exact) mass is 301 g/mol. The van der Waals surface area contributed by atoms with Crippen LogP contribution >= 0.6 is 28.1 Å². The van der Waals surface area contributed by atoms with E-state index < -0.39 is 0 Å². The molecule has 5 heteroatoms. The Morgan fingerprint density at radius 2 is 2.25 bits per heavy atom. The van der Waals surface area contributed by atoms with E-state index in [1.54, 1.807) is 6.20 Å². The Hall–Kier alpha value is -0.680. The molecule has 3 nitrogen and oxygen atoms in total. The lowest BCUT2D eigenvalue weighted by Crippen LogP contribution is -2.31. The lowest BCUT2D eigenvalue weighted by atomic mass is 10.2. The number of nitrogens with zero attached hydrogens (tertiary/aromatic N) is 1. The van der Waals surface area contributed by atoms with E-state index in [2.05, 4.69) is 45.4 Å². The summed E-state index contributed by atoms with van der Waals surface area (Å²) in [7, 11) is 0. The molecule has 0 aliphatic carbocycles. The maximum absolute atomic E-state index is 5.17. The number of halogens is 1. The molecular formula is C11H16BrN3S. The zero-order valence-corrected chi connectivity index (χ0v) is 12.1. The third kappa shape index (κ3) is 4.45. The molecule has 0 radical (unpaired) electrons. The normalized spacial score (nSPS) is 10.3. The Balaban J connectivity index is 2.56. The Labute approximate surface area is 110 Å². The fourth-order valence-corrected chi connectivity index (χ4v) is 1.75. The van der Waals surface area contributed by atoms with E-state index in [4.69, 9.17) is 12.2 Å². The highest BCUT2D eigenvalue weighted by molar-refractivity contribution is 9.10. The Morgan fingerprint density at radius 3 is 2.81 bits per heavy atom. The van der Waals surface area contributed by atoms with Gasteiger partial charge in [-0.1, -0.05) is 13.8 Å². The molecule has 0 fully saturated rings. The third-order valence-electron chi connectivity index (χ3n) is 1.95. The first-order valence-corrected chi connectivity index (χ1v) is 6.36. The van der Waals surface area contributed by atoms with Crippen molar-refractivity contribution in [1.29, 1.82) is 0 Å². The van der Waals surface area contributed by atoms with Crippen LogP contribution in [0.3, 0.4) is 0 Å². The zero-order valence-electron chi connectivity index (χ0n) is 9.67. The third-order valence-corrected chi connectivity index (χ3v) is 2.63. The summed E-state index contributed by atoms with van der Waals surface area (Å²) in [6.07, 6.45) is 1.75. The fraction of sp³-hybridized carbons (Fsp3) is 0.455. The van der Waals surface area contributed by atoms with Crippen molar-refractivity contribution in [2.24, 2.45) is 5.92 Å². The summed E-state index contributed by atoms with van der Waals surface area (Å²) in [5.74, 6) is 1.36. The van der Waals surface area contributed by atoms with Gasteiger partial charge in [0, 0.05) is 17.2 Å². The number of anilines is 1. The van der Waals surface area contributed by atoms with E-state index in [-0.39, 0.29) is 0 Å². The van der Waals surface area contributed by atoms with Crippen molar-refractivity contribution in [3.8, 4) is 0 Å². The number of pyridine rings is 1. The van der Waals surface area contributed by atoms with Crippen LogP contribution in [0, 0.1) is 12.8 Å². The van der Waals surface area contributed by atoms with Gasteiger partial charge in [-0.15, -0.1) is 0 Å². The minimum atomic E-state index is 0.568. The number of hydrogen-bond donors (Lipinski definition) is 2. The van der Waals surface area contributed by atoms with Gasteiger partial charge >= 0.3 is 0 Å². The number of rotatable bonds is 3. The van der Waals surface area contributed by atoms with Gasteiger partial charge in [-0.3, -0.25) is 0 Å². The Kier molecular flexibility index (Phi) is 5.15. The molecule has 0 aliphatic rings. The molecule has 2 N–H and O–H groups in total. The summed E-state index contributed by atoms with van der Waals surface area (Å²) in [6, 6.07) is 2.00. The van der Waals surface area contributed by atoms with Gasteiger partial charge < -0.3 is 10.6 Å². The minimum absolute atomic E-state index is 0.568. The number of nitrogens with one attached hydrogen (secondary N) is 2. The molecule has 1 aromatic rings. The molecule has 0 unspecified atom stereocenters. The topological polar surface area (TPSA) is 37.0 Å². The van der Waals surface area contributed by atoms with Crippen molar-refractivity contribution < 1.29 is 0 Å². The van der Waals surface area contributed by atoms with Crippen LogP contribution in [0.15, 0.2) is 16.7 Å². The first-order valence-electron chi connectivity index (χ1n) is 5.16. The van der Waals surface area contributed by atoms with E-state index in [0.717, 1.165) is 22.4 Å². The second-order valence-corrected chi connectivity index (χ2v) is 5.37. The molecule has 1 rings (SSSR count). The second-order valence-electron chi connectivity index (χ2n) is 4.05. The van der Waals surface area contributed by atoms with Crippen molar-refractivity contribution in [1.82, 2.24) is 10.3 Å². The van der Waals surface area contributed by atoms with Crippen molar-refractivity contribution in [3.63, 3.8) is 0 Å². The summed E-state index contributed by atoms with van der Waals surface area (Å²) >= 11 is 8.55. The van der Waals surface area contributed by atoms with Gasteiger partial charge in [0.2, 0.25) is 0 Å². The molecule has 16 heavy (non-hydrogen) atoms. The van der Waals surface area contributed by atoms with Crippen molar-refractivity contribution in [3.05, 3.63) is 22.3 Å². The molecule has 1 aromatic heterocycles. The van der Waals surface area contributed by atoms with Gasteiger partial charge in [-0.2, -0.15) is 0 Å². The first kappa shape index (κ1) is 13.4. The predicted molar refractivity (Wildman–Crippen MR) is 75.7 cm³/mol. The van der Waals surface area contributed by atoms with Crippen LogP contribution in [0.2, 0.25) is 0 Å². The molecular weight excluding hydrogens is 286 g/mol. The number of aromatic nitrogens is 1. The molecule has 1 heterocycles. The van der Waals surface area contributed by atoms with Crippen molar-refractivity contribution in [2.45, 2.75) is 20.8 Å². The van der Waals surface area contributed by atoms with Gasteiger partial charge in [-0.25, -0.2) is 4.98 Å². The Morgan fingerprint density at radius 1 is 1.56 bits per heavy atom. The van der Waals surface area contributed by atoms with Crippen molar-refractivity contribution >= 4 is 39.1 Å². The SMILES string of the molecule is Cc1cc(Br)cnc1NC(=S)NCC(C)C. The standard InChI is InChI=1S/C11H16BrN3S/c1-7(2)5-14-11(16)15-10-8(3)4-9(12)6-13-10/h4,6-7H,5H2,1-3H3,(H2,13,14,15,16). The molecule has 0 spiro atoms. The number of thiocarbonyl (C=S) groups is 1. The van der Waals surface area contributed by atoms with Gasteiger partial charge in [0.1, 0.15) is 5.82 Å². The molecule has 0 saturated carbocycles.